The van der Waals surface area contributed by atoms with E-state index in [1.54, 1.807) is 24.3 Å². The first-order chi connectivity index (χ1) is 12.5. The number of hydrogen-bond donors (Lipinski definition) is 0. The Bertz CT molecular complexity index is 830. The van der Waals surface area contributed by atoms with Gasteiger partial charge in [-0.3, -0.25) is 0 Å². The van der Waals surface area contributed by atoms with E-state index < -0.39 is 5.97 Å². The number of carbonyl (C=O) groups is 1. The Morgan fingerprint density at radius 1 is 1.12 bits per heavy atom. The quantitative estimate of drug-likeness (QED) is 0.392. The Kier molecular flexibility index (Phi) is 7.51. The molecule has 0 radical (unpaired) electrons. The standard InChI is InChI=1S/C19H17Cl2NO4/c1-24-19(23)18(22-25-2)16-9-4-3-7-14(16)12-26-15-8-5-6-13(10-15)11-17(20)21/h3-11H,12H2,1-2H3. The highest BCUT2D eigenvalue weighted by atomic mass is 35.5. The smallest absolute Gasteiger partial charge is 0.360 e. The Labute approximate surface area is 161 Å². The highest BCUT2D eigenvalue weighted by molar-refractivity contribution is 6.57. The molecule has 2 aromatic carbocycles. The fourth-order valence-electron chi connectivity index (χ4n) is 2.24. The number of methoxy groups -OCH3 is 1. The highest BCUT2D eigenvalue weighted by Gasteiger charge is 2.19. The van der Waals surface area contributed by atoms with E-state index in [1.807, 2.05) is 30.3 Å². The molecular weight excluding hydrogens is 377 g/mol. The summed E-state index contributed by atoms with van der Waals surface area (Å²) in [7, 11) is 2.65. The topological polar surface area (TPSA) is 57.1 Å². The molecule has 7 heteroatoms. The van der Waals surface area contributed by atoms with Gasteiger partial charge >= 0.3 is 5.97 Å². The highest BCUT2D eigenvalue weighted by Crippen LogP contribution is 2.21. The van der Waals surface area contributed by atoms with Crippen molar-refractivity contribution in [1.82, 2.24) is 0 Å². The number of rotatable bonds is 7. The lowest BCUT2D eigenvalue weighted by molar-refractivity contribution is -0.132. The van der Waals surface area contributed by atoms with Crippen LogP contribution in [0.3, 0.4) is 0 Å². The van der Waals surface area contributed by atoms with E-state index in [0.29, 0.717) is 11.3 Å². The van der Waals surface area contributed by atoms with Crippen molar-refractivity contribution in [2.24, 2.45) is 5.16 Å². The maximum absolute atomic E-state index is 12.0. The van der Waals surface area contributed by atoms with Crippen molar-refractivity contribution in [3.05, 3.63) is 69.7 Å². The second kappa shape index (κ2) is 9.85. The van der Waals surface area contributed by atoms with Crippen LogP contribution in [0.25, 0.3) is 6.08 Å². The normalized spacial score (nSPS) is 10.8. The molecule has 5 nitrogen and oxygen atoms in total. The Hall–Kier alpha value is -2.50. The van der Waals surface area contributed by atoms with E-state index in [1.165, 1.54) is 14.2 Å². The molecule has 0 amide bonds. The van der Waals surface area contributed by atoms with Gasteiger partial charge < -0.3 is 14.3 Å². The van der Waals surface area contributed by atoms with E-state index in [2.05, 4.69) is 5.16 Å². The van der Waals surface area contributed by atoms with Crippen molar-refractivity contribution in [1.29, 1.82) is 0 Å². The number of hydrogen-bond acceptors (Lipinski definition) is 5. The SMILES string of the molecule is CON=C(C(=O)OC)c1ccccc1COc1cccc(C=C(Cl)Cl)c1. The number of carbonyl (C=O) groups excluding carboxylic acids is 1. The lowest BCUT2D eigenvalue weighted by Crippen LogP contribution is -2.19. The molecule has 2 aromatic rings. The van der Waals surface area contributed by atoms with Crippen LogP contribution in [0.4, 0.5) is 0 Å². The van der Waals surface area contributed by atoms with Crippen LogP contribution >= 0.6 is 23.2 Å². The Morgan fingerprint density at radius 3 is 2.58 bits per heavy atom. The molecule has 0 bridgehead atoms. The van der Waals surface area contributed by atoms with Crippen molar-refractivity contribution in [2.75, 3.05) is 14.2 Å². The third-order valence-electron chi connectivity index (χ3n) is 3.36. The minimum absolute atomic E-state index is 0.0693. The number of ether oxygens (including phenoxy) is 2. The summed E-state index contributed by atoms with van der Waals surface area (Å²) < 4.78 is 10.8. The molecule has 0 fully saturated rings. The zero-order valence-corrected chi connectivity index (χ0v) is 15.8. The summed E-state index contributed by atoms with van der Waals surface area (Å²) in [5, 5.41) is 3.78. The second-order valence-electron chi connectivity index (χ2n) is 5.07. The molecule has 0 aromatic heterocycles. The third-order valence-corrected chi connectivity index (χ3v) is 3.58. The van der Waals surface area contributed by atoms with Crippen molar-refractivity contribution in [3.63, 3.8) is 0 Å². The van der Waals surface area contributed by atoms with Gasteiger partial charge in [0.2, 0.25) is 0 Å². The molecule has 26 heavy (non-hydrogen) atoms. The maximum atomic E-state index is 12.0. The first-order valence-electron chi connectivity index (χ1n) is 7.58. The van der Waals surface area contributed by atoms with Crippen LogP contribution in [0.1, 0.15) is 16.7 Å². The van der Waals surface area contributed by atoms with Gasteiger partial charge in [0, 0.05) is 5.56 Å². The Balaban J connectivity index is 2.25. The summed E-state index contributed by atoms with van der Waals surface area (Å²) in [4.78, 5) is 16.7. The largest absolute Gasteiger partial charge is 0.489 e. The number of oxime groups is 1. The van der Waals surface area contributed by atoms with Gasteiger partial charge in [0.05, 0.1) is 7.11 Å². The molecule has 2 rings (SSSR count). The van der Waals surface area contributed by atoms with Crippen LogP contribution in [-0.2, 0) is 21.0 Å². The first-order valence-corrected chi connectivity index (χ1v) is 8.34. The minimum Gasteiger partial charge on any atom is -0.489 e. The second-order valence-corrected chi connectivity index (χ2v) is 6.07. The molecule has 0 aliphatic rings. The van der Waals surface area contributed by atoms with Crippen molar-refractivity contribution < 1.29 is 19.1 Å². The lowest BCUT2D eigenvalue weighted by atomic mass is 10.0. The van der Waals surface area contributed by atoms with Gasteiger partial charge in [-0.15, -0.1) is 0 Å². The molecular formula is C19H17Cl2NO4. The van der Waals surface area contributed by atoms with Gasteiger partial charge in [-0.1, -0.05) is 64.8 Å². The summed E-state index contributed by atoms with van der Waals surface area (Å²) in [6.07, 6.45) is 1.62. The molecule has 0 heterocycles. The van der Waals surface area contributed by atoms with Crippen LogP contribution in [0.15, 0.2) is 58.2 Å². The third kappa shape index (κ3) is 5.51. The summed E-state index contributed by atoms with van der Waals surface area (Å²) >= 11 is 11.4. The molecule has 136 valence electrons. The zero-order valence-electron chi connectivity index (χ0n) is 14.2. The first kappa shape index (κ1) is 19.8. The summed E-state index contributed by atoms with van der Waals surface area (Å²) in [6, 6.07) is 14.5. The van der Waals surface area contributed by atoms with Gasteiger partial charge in [-0.2, -0.15) is 0 Å². The summed E-state index contributed by atoms with van der Waals surface area (Å²) in [6.45, 7) is 0.220. The van der Waals surface area contributed by atoms with E-state index in [0.717, 1.165) is 11.1 Å². The predicted octanol–water partition coefficient (Wildman–Crippen LogP) is 4.57. The predicted molar refractivity (Wildman–Crippen MR) is 102 cm³/mol. The summed E-state index contributed by atoms with van der Waals surface area (Å²) in [5.74, 6) is 0.0367. The fraction of sp³-hybridized carbons (Fsp3) is 0.158. The van der Waals surface area contributed by atoms with Gasteiger partial charge in [0.1, 0.15) is 24.0 Å². The lowest BCUT2D eigenvalue weighted by Gasteiger charge is -2.12. The number of benzene rings is 2. The number of halogens is 2. The maximum Gasteiger partial charge on any atom is 0.360 e. The molecule has 0 saturated carbocycles. The van der Waals surface area contributed by atoms with E-state index in [-0.39, 0.29) is 16.8 Å². The van der Waals surface area contributed by atoms with Crippen LogP contribution in [0.2, 0.25) is 0 Å². The van der Waals surface area contributed by atoms with Crippen molar-refractivity contribution >= 4 is 41.0 Å². The van der Waals surface area contributed by atoms with E-state index in [9.17, 15) is 4.79 Å². The van der Waals surface area contributed by atoms with Crippen LogP contribution in [-0.4, -0.2) is 25.9 Å². The van der Waals surface area contributed by atoms with Gasteiger partial charge in [0.15, 0.2) is 5.71 Å². The number of esters is 1. The molecule has 0 atom stereocenters. The zero-order chi connectivity index (χ0) is 18.9. The summed E-state index contributed by atoms with van der Waals surface area (Å²) in [5.41, 5.74) is 2.21. The van der Waals surface area contributed by atoms with E-state index >= 15 is 0 Å². The van der Waals surface area contributed by atoms with Crippen molar-refractivity contribution in [3.8, 4) is 5.75 Å². The molecule has 0 saturated heterocycles. The van der Waals surface area contributed by atoms with Crippen LogP contribution < -0.4 is 4.74 Å². The minimum atomic E-state index is -0.594. The number of nitrogens with zero attached hydrogens (tertiary/aromatic N) is 1. The van der Waals surface area contributed by atoms with Crippen molar-refractivity contribution in [2.45, 2.75) is 6.61 Å². The Morgan fingerprint density at radius 2 is 1.88 bits per heavy atom. The van der Waals surface area contributed by atoms with Gasteiger partial charge in [0.25, 0.3) is 0 Å². The fourth-order valence-corrected chi connectivity index (χ4v) is 2.49. The van der Waals surface area contributed by atoms with Gasteiger partial charge in [-0.25, -0.2) is 4.79 Å². The average molecular weight is 394 g/mol. The van der Waals surface area contributed by atoms with E-state index in [4.69, 9.17) is 37.5 Å². The van der Waals surface area contributed by atoms with Crippen LogP contribution in [0, 0.1) is 0 Å². The van der Waals surface area contributed by atoms with Gasteiger partial charge in [-0.05, 0) is 29.3 Å². The molecule has 0 spiro atoms. The molecule has 0 N–H and O–H groups in total. The average Bonchev–Trinajstić information content (AvgIpc) is 2.64. The molecule has 0 unspecified atom stereocenters. The molecule has 0 aliphatic heterocycles. The molecule has 0 aliphatic carbocycles. The monoisotopic (exact) mass is 393 g/mol. The van der Waals surface area contributed by atoms with Crippen LogP contribution in [0.5, 0.6) is 5.75 Å².